The van der Waals surface area contributed by atoms with E-state index >= 15 is 0 Å². The highest BCUT2D eigenvalue weighted by Crippen LogP contribution is 2.27. The van der Waals surface area contributed by atoms with Crippen LogP contribution in [0.2, 0.25) is 5.15 Å². The van der Waals surface area contributed by atoms with Crippen molar-refractivity contribution in [1.29, 1.82) is 0 Å². The summed E-state index contributed by atoms with van der Waals surface area (Å²) >= 11 is 11.4. The van der Waals surface area contributed by atoms with Gasteiger partial charge < -0.3 is 4.74 Å². The Bertz CT molecular complexity index is 603. The highest BCUT2D eigenvalue weighted by molar-refractivity contribution is 6.29. The van der Waals surface area contributed by atoms with Crippen LogP contribution >= 0.6 is 23.2 Å². The van der Waals surface area contributed by atoms with E-state index in [1.165, 1.54) is 30.5 Å². The monoisotopic (exact) mass is 322 g/mol. The minimum Gasteiger partial charge on any atom is -0.406 e. The first-order chi connectivity index (χ1) is 9.39. The molecule has 1 aromatic heterocycles. The van der Waals surface area contributed by atoms with E-state index in [-0.39, 0.29) is 16.8 Å². The number of halogens is 5. The number of hydrogen-bond acceptors (Lipinski definition) is 3. The zero-order valence-corrected chi connectivity index (χ0v) is 11.3. The fraction of sp³-hybridized carbons (Fsp3) is 0.167. The van der Waals surface area contributed by atoms with Gasteiger partial charge >= 0.3 is 6.36 Å². The summed E-state index contributed by atoms with van der Waals surface area (Å²) in [5.74, 6) is -0.223. The van der Waals surface area contributed by atoms with Crippen LogP contribution < -0.4 is 4.74 Å². The molecule has 0 fully saturated rings. The number of ether oxygens (including phenoxy) is 1. The second kappa shape index (κ2) is 5.85. The molecule has 2 rings (SSSR count). The highest BCUT2D eigenvalue weighted by atomic mass is 35.5. The molecule has 0 aliphatic heterocycles. The van der Waals surface area contributed by atoms with Gasteiger partial charge in [0.1, 0.15) is 10.9 Å². The van der Waals surface area contributed by atoms with Crippen LogP contribution in [0.4, 0.5) is 13.2 Å². The molecule has 0 radical (unpaired) electrons. The summed E-state index contributed by atoms with van der Waals surface area (Å²) in [4.78, 5) is 8.09. The molecule has 0 aliphatic carbocycles. The van der Waals surface area contributed by atoms with Gasteiger partial charge in [-0.15, -0.1) is 24.8 Å². The Kier molecular flexibility index (Phi) is 4.35. The van der Waals surface area contributed by atoms with E-state index in [4.69, 9.17) is 23.2 Å². The molecule has 0 unspecified atom stereocenters. The molecular weight excluding hydrogens is 316 g/mol. The van der Waals surface area contributed by atoms with Crippen LogP contribution in [0.25, 0.3) is 11.3 Å². The molecule has 20 heavy (non-hydrogen) atoms. The maximum Gasteiger partial charge on any atom is 0.573 e. The third-order valence-electron chi connectivity index (χ3n) is 2.30. The lowest BCUT2D eigenvalue weighted by Crippen LogP contribution is -2.16. The Labute approximate surface area is 122 Å². The van der Waals surface area contributed by atoms with Crippen LogP contribution in [-0.2, 0) is 5.88 Å². The Morgan fingerprint density at radius 1 is 1.15 bits per heavy atom. The first kappa shape index (κ1) is 14.9. The predicted molar refractivity (Wildman–Crippen MR) is 68.7 cm³/mol. The third-order valence-corrected chi connectivity index (χ3v) is 2.74. The third kappa shape index (κ3) is 3.74. The van der Waals surface area contributed by atoms with Crippen molar-refractivity contribution in [3.8, 4) is 17.0 Å². The molecule has 2 aromatic rings. The molecule has 0 saturated heterocycles. The maximum atomic E-state index is 12.1. The number of hydrogen-bond donors (Lipinski definition) is 0. The lowest BCUT2D eigenvalue weighted by molar-refractivity contribution is -0.274. The summed E-state index contributed by atoms with van der Waals surface area (Å²) in [6.45, 7) is 0. The van der Waals surface area contributed by atoms with E-state index in [1.54, 1.807) is 0 Å². The number of alkyl halides is 4. The summed E-state index contributed by atoms with van der Waals surface area (Å²) < 4.78 is 39.9. The summed E-state index contributed by atoms with van der Waals surface area (Å²) in [5.41, 5.74) is 1.48. The summed E-state index contributed by atoms with van der Waals surface area (Å²) in [6.07, 6.45) is -3.38. The standard InChI is InChI=1S/C12H7Cl2F3N2O/c13-5-9-11(18-6-10(14)19-9)7-1-3-8(4-2-7)20-12(15,16)17/h1-4,6H,5H2. The van der Waals surface area contributed by atoms with E-state index in [9.17, 15) is 13.2 Å². The van der Waals surface area contributed by atoms with Gasteiger partial charge in [0.2, 0.25) is 0 Å². The van der Waals surface area contributed by atoms with Crippen molar-refractivity contribution >= 4 is 23.2 Å². The minimum absolute atomic E-state index is 0.0870. The van der Waals surface area contributed by atoms with Crippen molar-refractivity contribution in [2.24, 2.45) is 0 Å². The van der Waals surface area contributed by atoms with Gasteiger partial charge in [-0.25, -0.2) is 4.98 Å². The molecule has 1 aromatic carbocycles. The lowest BCUT2D eigenvalue weighted by atomic mass is 10.1. The lowest BCUT2D eigenvalue weighted by Gasteiger charge is -2.10. The number of aromatic nitrogens is 2. The average Bonchev–Trinajstić information content (AvgIpc) is 2.38. The number of rotatable bonds is 3. The van der Waals surface area contributed by atoms with Crippen molar-refractivity contribution in [2.75, 3.05) is 0 Å². The zero-order valence-electron chi connectivity index (χ0n) is 9.79. The maximum absolute atomic E-state index is 12.1. The van der Waals surface area contributed by atoms with E-state index in [0.29, 0.717) is 17.0 Å². The van der Waals surface area contributed by atoms with Crippen LogP contribution in [0.5, 0.6) is 5.75 Å². The Morgan fingerprint density at radius 3 is 2.35 bits per heavy atom. The van der Waals surface area contributed by atoms with Crippen LogP contribution in [-0.4, -0.2) is 16.3 Å². The largest absolute Gasteiger partial charge is 0.573 e. The Balaban J connectivity index is 2.30. The van der Waals surface area contributed by atoms with Crippen molar-refractivity contribution in [1.82, 2.24) is 9.97 Å². The fourth-order valence-corrected chi connectivity index (χ4v) is 1.89. The first-order valence-electron chi connectivity index (χ1n) is 5.32. The minimum atomic E-state index is -4.72. The number of nitrogens with zero attached hydrogens (tertiary/aromatic N) is 2. The van der Waals surface area contributed by atoms with Crippen molar-refractivity contribution in [3.05, 3.63) is 41.3 Å². The molecule has 3 nitrogen and oxygen atoms in total. The SMILES string of the molecule is FC(F)(F)Oc1ccc(-c2ncc(Cl)nc2CCl)cc1. The van der Waals surface area contributed by atoms with E-state index in [2.05, 4.69) is 14.7 Å². The molecule has 0 atom stereocenters. The van der Waals surface area contributed by atoms with Crippen LogP contribution in [0.3, 0.4) is 0 Å². The van der Waals surface area contributed by atoms with Crippen molar-refractivity contribution in [3.63, 3.8) is 0 Å². The average molecular weight is 323 g/mol. The van der Waals surface area contributed by atoms with Crippen LogP contribution in [0, 0.1) is 0 Å². The molecule has 106 valence electrons. The van der Waals surface area contributed by atoms with Gasteiger partial charge in [0.25, 0.3) is 0 Å². The first-order valence-corrected chi connectivity index (χ1v) is 6.24. The number of benzene rings is 1. The van der Waals surface area contributed by atoms with Gasteiger partial charge in [0, 0.05) is 5.56 Å². The fourth-order valence-electron chi connectivity index (χ4n) is 1.55. The smallest absolute Gasteiger partial charge is 0.406 e. The van der Waals surface area contributed by atoms with E-state index < -0.39 is 6.36 Å². The van der Waals surface area contributed by atoms with Crippen molar-refractivity contribution < 1.29 is 17.9 Å². The van der Waals surface area contributed by atoms with Gasteiger partial charge in [-0.1, -0.05) is 11.6 Å². The predicted octanol–water partition coefficient (Wildman–Crippen LogP) is 4.43. The zero-order chi connectivity index (χ0) is 14.8. The second-order valence-corrected chi connectivity index (χ2v) is 4.35. The molecule has 0 saturated carbocycles. The molecule has 8 heteroatoms. The highest BCUT2D eigenvalue weighted by Gasteiger charge is 2.31. The summed E-state index contributed by atoms with van der Waals surface area (Å²) in [6, 6.07) is 5.26. The van der Waals surface area contributed by atoms with Gasteiger partial charge in [-0.3, -0.25) is 4.98 Å². The molecular formula is C12H7Cl2F3N2O. The molecule has 0 bridgehead atoms. The molecule has 0 spiro atoms. The van der Waals surface area contributed by atoms with Gasteiger partial charge in [-0.2, -0.15) is 0 Å². The summed E-state index contributed by atoms with van der Waals surface area (Å²) in [5, 5.41) is 0.196. The van der Waals surface area contributed by atoms with Crippen LogP contribution in [0.15, 0.2) is 30.5 Å². The summed E-state index contributed by atoms with van der Waals surface area (Å²) in [7, 11) is 0. The topological polar surface area (TPSA) is 35.0 Å². The van der Waals surface area contributed by atoms with Crippen molar-refractivity contribution in [2.45, 2.75) is 12.2 Å². The molecule has 0 N–H and O–H groups in total. The van der Waals surface area contributed by atoms with Crippen LogP contribution in [0.1, 0.15) is 5.69 Å². The molecule has 1 heterocycles. The second-order valence-electron chi connectivity index (χ2n) is 3.69. The van der Waals surface area contributed by atoms with E-state index in [1.807, 2.05) is 0 Å². The molecule has 0 amide bonds. The van der Waals surface area contributed by atoms with Gasteiger partial charge in [0.05, 0.1) is 23.5 Å². The molecule has 0 aliphatic rings. The Hall–Kier alpha value is -1.53. The van der Waals surface area contributed by atoms with Gasteiger partial charge in [-0.05, 0) is 24.3 Å². The van der Waals surface area contributed by atoms with E-state index in [0.717, 1.165) is 0 Å². The quantitative estimate of drug-likeness (QED) is 0.784. The normalized spacial score (nSPS) is 11.4. The Morgan fingerprint density at radius 2 is 1.80 bits per heavy atom. The van der Waals surface area contributed by atoms with Gasteiger partial charge in [0.15, 0.2) is 0 Å².